The smallest absolute Gasteiger partial charge is 0.251 e. The number of anilines is 1. The lowest BCUT2D eigenvalue weighted by molar-refractivity contribution is 0.0962. The molecule has 0 bridgehead atoms. The van der Waals surface area contributed by atoms with Crippen LogP contribution in [0.15, 0.2) is 23.3 Å². The summed E-state index contributed by atoms with van der Waals surface area (Å²) in [6.45, 7) is 0. The molecule has 2 amide bonds. The van der Waals surface area contributed by atoms with Gasteiger partial charge in [0, 0.05) is 25.2 Å². The molecule has 8 heteroatoms. The van der Waals surface area contributed by atoms with Crippen LogP contribution in [0.5, 0.6) is 0 Å². The van der Waals surface area contributed by atoms with Crippen molar-refractivity contribution >= 4 is 23.2 Å². The van der Waals surface area contributed by atoms with Gasteiger partial charge in [0.05, 0.1) is 5.69 Å². The van der Waals surface area contributed by atoms with Gasteiger partial charge in [-0.3, -0.25) is 15.0 Å². The number of rotatable bonds is 4. The predicted molar refractivity (Wildman–Crippen MR) is 75.5 cm³/mol. The number of hydrogen-bond acceptors (Lipinski definition) is 6. The first-order chi connectivity index (χ1) is 10.0. The van der Waals surface area contributed by atoms with Crippen molar-refractivity contribution in [2.24, 2.45) is 5.10 Å². The number of benzene rings is 1. The largest absolute Gasteiger partial charge is 0.355 e. The Morgan fingerprint density at radius 1 is 1.00 bits per heavy atom. The minimum Gasteiger partial charge on any atom is -0.355 e. The summed E-state index contributed by atoms with van der Waals surface area (Å²) in [6, 6.07) is 7.48. The second-order valence-electron chi connectivity index (χ2n) is 3.75. The summed E-state index contributed by atoms with van der Waals surface area (Å²) in [6.07, 6.45) is 0. The summed E-state index contributed by atoms with van der Waals surface area (Å²) >= 11 is 0. The van der Waals surface area contributed by atoms with E-state index in [-0.39, 0.29) is 28.7 Å². The zero-order valence-electron chi connectivity index (χ0n) is 11.4. The minimum atomic E-state index is -0.381. The second-order valence-corrected chi connectivity index (χ2v) is 3.75. The van der Waals surface area contributed by atoms with Crippen LogP contribution < -0.4 is 16.1 Å². The van der Waals surface area contributed by atoms with E-state index >= 15 is 0 Å². The minimum absolute atomic E-state index is 0.242. The maximum atomic E-state index is 11.7. The SMILES string of the molecule is CNC(=O)c1cc(NN=C(C#N)C#N)cc(C(=O)NC)c1. The molecule has 0 aromatic heterocycles. The Bertz CT molecular complexity index is 631. The third-order valence-corrected chi connectivity index (χ3v) is 2.42. The van der Waals surface area contributed by atoms with Crippen LogP contribution in [0.2, 0.25) is 0 Å². The third kappa shape index (κ3) is 4.04. The molecular weight excluding hydrogens is 272 g/mol. The van der Waals surface area contributed by atoms with Crippen molar-refractivity contribution in [3.63, 3.8) is 0 Å². The molecule has 0 aliphatic heterocycles. The van der Waals surface area contributed by atoms with E-state index in [0.29, 0.717) is 5.69 Å². The second kappa shape index (κ2) is 7.26. The van der Waals surface area contributed by atoms with E-state index in [9.17, 15) is 9.59 Å². The van der Waals surface area contributed by atoms with Gasteiger partial charge in [0.1, 0.15) is 12.1 Å². The van der Waals surface area contributed by atoms with Crippen molar-refractivity contribution in [3.8, 4) is 12.1 Å². The molecule has 0 spiro atoms. The maximum absolute atomic E-state index is 11.7. The Labute approximate surface area is 121 Å². The van der Waals surface area contributed by atoms with Gasteiger partial charge in [0.15, 0.2) is 0 Å². The molecule has 0 heterocycles. The Hall–Kier alpha value is -3.39. The molecule has 1 aromatic rings. The highest BCUT2D eigenvalue weighted by Crippen LogP contribution is 2.15. The number of hydrazone groups is 1. The fourth-order valence-electron chi connectivity index (χ4n) is 1.44. The summed E-state index contributed by atoms with van der Waals surface area (Å²) in [5.41, 5.74) is 2.88. The molecule has 0 saturated carbocycles. The number of amides is 2. The van der Waals surface area contributed by atoms with Crippen molar-refractivity contribution in [1.82, 2.24) is 10.6 Å². The van der Waals surface area contributed by atoms with E-state index in [2.05, 4.69) is 21.2 Å². The van der Waals surface area contributed by atoms with Gasteiger partial charge in [0.25, 0.3) is 11.8 Å². The van der Waals surface area contributed by atoms with Crippen molar-refractivity contribution < 1.29 is 9.59 Å². The topological polar surface area (TPSA) is 130 Å². The zero-order chi connectivity index (χ0) is 15.8. The molecule has 8 nitrogen and oxygen atoms in total. The van der Waals surface area contributed by atoms with Gasteiger partial charge < -0.3 is 10.6 Å². The third-order valence-electron chi connectivity index (χ3n) is 2.42. The Morgan fingerprint density at radius 3 is 1.86 bits per heavy atom. The Kier molecular flexibility index (Phi) is 5.42. The van der Waals surface area contributed by atoms with Crippen LogP contribution in [0.25, 0.3) is 0 Å². The lowest BCUT2D eigenvalue weighted by atomic mass is 10.1. The highest BCUT2D eigenvalue weighted by molar-refractivity contribution is 6.10. The average Bonchev–Trinajstić information content (AvgIpc) is 2.53. The monoisotopic (exact) mass is 284 g/mol. The summed E-state index contributed by atoms with van der Waals surface area (Å²) < 4.78 is 0. The summed E-state index contributed by atoms with van der Waals surface area (Å²) in [7, 11) is 2.92. The number of carbonyl (C=O) groups excluding carboxylic acids is 2. The molecule has 0 aliphatic rings. The Morgan fingerprint density at radius 2 is 1.48 bits per heavy atom. The van der Waals surface area contributed by atoms with Gasteiger partial charge >= 0.3 is 0 Å². The first-order valence-electron chi connectivity index (χ1n) is 5.78. The normalized spacial score (nSPS) is 8.76. The van der Waals surface area contributed by atoms with Gasteiger partial charge in [-0.05, 0) is 18.2 Å². The molecule has 1 aromatic carbocycles. The van der Waals surface area contributed by atoms with Crippen LogP contribution >= 0.6 is 0 Å². The lowest BCUT2D eigenvalue weighted by Gasteiger charge is -2.08. The van der Waals surface area contributed by atoms with Crippen LogP contribution in [0.4, 0.5) is 5.69 Å². The first-order valence-corrected chi connectivity index (χ1v) is 5.78. The molecule has 0 unspecified atom stereocenters. The van der Waals surface area contributed by atoms with E-state index in [1.165, 1.54) is 32.3 Å². The van der Waals surface area contributed by atoms with E-state index in [1.807, 2.05) is 0 Å². The van der Waals surface area contributed by atoms with Crippen molar-refractivity contribution in [3.05, 3.63) is 29.3 Å². The molecule has 1 rings (SSSR count). The van der Waals surface area contributed by atoms with Crippen LogP contribution in [0.3, 0.4) is 0 Å². The van der Waals surface area contributed by atoms with Crippen LogP contribution in [-0.2, 0) is 0 Å². The number of nitriles is 2. The molecule has 21 heavy (non-hydrogen) atoms. The van der Waals surface area contributed by atoms with Crippen molar-refractivity contribution in [1.29, 1.82) is 10.5 Å². The van der Waals surface area contributed by atoms with E-state index in [0.717, 1.165) is 0 Å². The summed E-state index contributed by atoms with van der Waals surface area (Å²) in [4.78, 5) is 23.3. The van der Waals surface area contributed by atoms with Gasteiger partial charge in [-0.2, -0.15) is 15.6 Å². The average molecular weight is 284 g/mol. The van der Waals surface area contributed by atoms with Gasteiger partial charge in [-0.15, -0.1) is 0 Å². The van der Waals surface area contributed by atoms with Crippen LogP contribution in [-0.4, -0.2) is 31.6 Å². The van der Waals surface area contributed by atoms with Gasteiger partial charge in [-0.25, -0.2) is 0 Å². The molecule has 3 N–H and O–H groups in total. The van der Waals surface area contributed by atoms with E-state index in [1.54, 1.807) is 12.1 Å². The highest BCUT2D eigenvalue weighted by Gasteiger charge is 2.11. The Balaban J connectivity index is 3.23. The zero-order valence-corrected chi connectivity index (χ0v) is 11.4. The van der Waals surface area contributed by atoms with Crippen LogP contribution in [0, 0.1) is 22.7 Å². The summed E-state index contributed by atoms with van der Waals surface area (Å²) in [5.74, 6) is -0.762. The fourth-order valence-corrected chi connectivity index (χ4v) is 1.44. The van der Waals surface area contributed by atoms with Crippen LogP contribution in [0.1, 0.15) is 20.7 Å². The van der Waals surface area contributed by atoms with Crippen molar-refractivity contribution in [2.45, 2.75) is 0 Å². The first kappa shape index (κ1) is 15.7. The standard InChI is InChI=1S/C13H12N6O2/c1-16-12(20)8-3-9(13(21)17-2)5-10(4-8)18-19-11(6-14)7-15/h3-5,18H,1-2H3,(H,16,20)(H,17,21). The molecule has 106 valence electrons. The molecule has 0 saturated heterocycles. The molecular formula is C13H12N6O2. The van der Waals surface area contributed by atoms with Crippen molar-refractivity contribution in [2.75, 3.05) is 19.5 Å². The number of nitrogens with zero attached hydrogens (tertiary/aromatic N) is 3. The molecule has 0 fully saturated rings. The fraction of sp³-hybridized carbons (Fsp3) is 0.154. The predicted octanol–water partition coefficient (Wildman–Crippen LogP) is 0.221. The number of carbonyl (C=O) groups is 2. The van der Waals surface area contributed by atoms with Gasteiger partial charge in [0.2, 0.25) is 5.71 Å². The quantitative estimate of drug-likeness (QED) is 0.538. The molecule has 0 atom stereocenters. The van der Waals surface area contributed by atoms with E-state index < -0.39 is 0 Å². The maximum Gasteiger partial charge on any atom is 0.251 e. The summed E-state index contributed by atoms with van der Waals surface area (Å²) in [5, 5.41) is 25.6. The highest BCUT2D eigenvalue weighted by atomic mass is 16.2. The molecule has 0 radical (unpaired) electrons. The lowest BCUT2D eigenvalue weighted by Crippen LogP contribution is -2.21. The number of hydrogen-bond donors (Lipinski definition) is 3. The van der Waals surface area contributed by atoms with Gasteiger partial charge in [-0.1, -0.05) is 0 Å². The number of nitrogens with one attached hydrogen (secondary N) is 3. The molecule has 0 aliphatic carbocycles. The van der Waals surface area contributed by atoms with E-state index in [4.69, 9.17) is 10.5 Å².